The van der Waals surface area contributed by atoms with Crippen LogP contribution in [-0.2, 0) is 0 Å². The number of fused-ring (bicyclic) bond motifs is 1. The highest BCUT2D eigenvalue weighted by molar-refractivity contribution is 7.99. The molecule has 0 bridgehead atoms. The second-order valence-electron chi connectivity index (χ2n) is 5.17. The van der Waals surface area contributed by atoms with Crippen molar-refractivity contribution in [1.29, 1.82) is 0 Å². The second kappa shape index (κ2) is 6.73. The van der Waals surface area contributed by atoms with E-state index < -0.39 is 0 Å². The van der Waals surface area contributed by atoms with Crippen LogP contribution in [0.1, 0.15) is 10.4 Å². The Morgan fingerprint density at radius 1 is 1.12 bits per heavy atom. The van der Waals surface area contributed by atoms with Crippen LogP contribution in [0.3, 0.4) is 0 Å². The molecule has 0 saturated heterocycles. The topological polar surface area (TPSA) is 60.2 Å². The minimum atomic E-state index is -0.363. The molecule has 8 heteroatoms. The Kier molecular flexibility index (Phi) is 4.29. The number of carbonyl (C=O) groups is 1. The number of rotatable bonds is 5. The smallest absolute Gasteiger partial charge is 0.212 e. The summed E-state index contributed by atoms with van der Waals surface area (Å²) >= 11 is 2.86. The lowest BCUT2D eigenvalue weighted by Crippen LogP contribution is -2.04. The molecule has 124 valence electrons. The first kappa shape index (κ1) is 15.9. The average molecular weight is 370 g/mol. The molecule has 0 unspecified atom stereocenters. The van der Waals surface area contributed by atoms with Crippen LogP contribution in [0.5, 0.6) is 0 Å². The zero-order valence-electron chi connectivity index (χ0n) is 12.8. The zero-order chi connectivity index (χ0) is 17.2. The van der Waals surface area contributed by atoms with Crippen molar-refractivity contribution in [2.24, 2.45) is 0 Å². The van der Waals surface area contributed by atoms with Gasteiger partial charge in [0.2, 0.25) is 5.16 Å². The first-order valence-corrected chi connectivity index (χ1v) is 9.25. The standard InChI is InChI=1S/C17H11FN4OS2/c18-12-5-3-11(4-6-12)14(23)10-25-17-20-19-16-8-7-13(21-22(16)17)15-2-1-9-24-15/h1-9H,10H2. The van der Waals surface area contributed by atoms with Gasteiger partial charge in [-0.25, -0.2) is 4.39 Å². The Hall–Kier alpha value is -2.58. The molecular formula is C17H11FN4OS2. The van der Waals surface area contributed by atoms with Gasteiger partial charge in [0.1, 0.15) is 11.5 Å². The highest BCUT2D eigenvalue weighted by Gasteiger charge is 2.13. The molecule has 0 atom stereocenters. The van der Waals surface area contributed by atoms with Crippen molar-refractivity contribution in [2.75, 3.05) is 5.75 Å². The number of nitrogens with zero attached hydrogens (tertiary/aromatic N) is 4. The lowest BCUT2D eigenvalue weighted by Gasteiger charge is -2.02. The summed E-state index contributed by atoms with van der Waals surface area (Å²) in [5, 5.41) is 15.3. The van der Waals surface area contributed by atoms with E-state index in [9.17, 15) is 9.18 Å². The van der Waals surface area contributed by atoms with Crippen LogP contribution in [0.2, 0.25) is 0 Å². The summed E-state index contributed by atoms with van der Waals surface area (Å²) < 4.78 is 14.6. The van der Waals surface area contributed by atoms with Crippen molar-refractivity contribution >= 4 is 34.5 Å². The van der Waals surface area contributed by atoms with E-state index in [1.54, 1.807) is 15.9 Å². The number of ketones is 1. The highest BCUT2D eigenvalue weighted by Crippen LogP contribution is 2.24. The molecule has 0 N–H and O–H groups in total. The van der Waals surface area contributed by atoms with Gasteiger partial charge >= 0.3 is 0 Å². The molecule has 0 fully saturated rings. The minimum absolute atomic E-state index is 0.101. The number of benzene rings is 1. The van der Waals surface area contributed by atoms with Crippen molar-refractivity contribution in [3.8, 4) is 10.6 Å². The van der Waals surface area contributed by atoms with E-state index in [0.29, 0.717) is 16.4 Å². The van der Waals surface area contributed by atoms with Gasteiger partial charge in [-0.3, -0.25) is 4.79 Å². The fourth-order valence-corrected chi connectivity index (χ4v) is 3.74. The van der Waals surface area contributed by atoms with Crippen molar-refractivity contribution in [1.82, 2.24) is 19.8 Å². The number of aromatic nitrogens is 4. The predicted octanol–water partition coefficient (Wildman–Crippen LogP) is 3.97. The van der Waals surface area contributed by atoms with Gasteiger partial charge in [0.15, 0.2) is 11.4 Å². The number of thiophene rings is 1. The number of hydrogen-bond donors (Lipinski definition) is 0. The van der Waals surface area contributed by atoms with Crippen LogP contribution in [0.4, 0.5) is 4.39 Å². The lowest BCUT2D eigenvalue weighted by molar-refractivity contribution is 0.102. The molecule has 0 aliphatic rings. The molecule has 3 heterocycles. The summed E-state index contributed by atoms with van der Waals surface area (Å²) in [5.74, 6) is -0.286. The van der Waals surface area contributed by atoms with E-state index in [4.69, 9.17) is 0 Å². The van der Waals surface area contributed by atoms with Gasteiger partial charge in [0.25, 0.3) is 0 Å². The molecule has 0 saturated carbocycles. The Morgan fingerprint density at radius 3 is 2.72 bits per heavy atom. The van der Waals surface area contributed by atoms with E-state index in [0.717, 1.165) is 10.6 Å². The van der Waals surface area contributed by atoms with Crippen LogP contribution < -0.4 is 0 Å². The summed E-state index contributed by atoms with van der Waals surface area (Å²) in [6, 6.07) is 13.2. The molecule has 25 heavy (non-hydrogen) atoms. The summed E-state index contributed by atoms with van der Waals surface area (Å²) in [7, 11) is 0. The first-order chi connectivity index (χ1) is 12.2. The highest BCUT2D eigenvalue weighted by atomic mass is 32.2. The normalized spacial score (nSPS) is 11.1. The predicted molar refractivity (Wildman–Crippen MR) is 95.5 cm³/mol. The molecule has 0 radical (unpaired) electrons. The first-order valence-electron chi connectivity index (χ1n) is 7.38. The number of carbonyl (C=O) groups excluding carboxylic acids is 1. The largest absolute Gasteiger partial charge is 0.293 e. The summed E-state index contributed by atoms with van der Waals surface area (Å²) in [5.41, 5.74) is 1.92. The molecule has 0 amide bonds. The Labute approximate surface area is 150 Å². The quantitative estimate of drug-likeness (QED) is 0.393. The van der Waals surface area contributed by atoms with Gasteiger partial charge in [-0.05, 0) is 47.8 Å². The van der Waals surface area contributed by atoms with Gasteiger partial charge in [-0.15, -0.1) is 21.5 Å². The molecule has 4 aromatic rings. The molecular weight excluding hydrogens is 359 g/mol. The van der Waals surface area contributed by atoms with Gasteiger partial charge in [0.05, 0.1) is 10.6 Å². The summed E-state index contributed by atoms with van der Waals surface area (Å²) in [6.07, 6.45) is 0. The zero-order valence-corrected chi connectivity index (χ0v) is 14.4. The maximum atomic E-state index is 12.9. The third-order valence-electron chi connectivity index (χ3n) is 3.51. The monoisotopic (exact) mass is 370 g/mol. The maximum Gasteiger partial charge on any atom is 0.212 e. The Balaban J connectivity index is 1.56. The van der Waals surface area contributed by atoms with E-state index in [2.05, 4.69) is 15.3 Å². The van der Waals surface area contributed by atoms with Gasteiger partial charge in [0, 0.05) is 5.56 Å². The van der Waals surface area contributed by atoms with Gasteiger partial charge < -0.3 is 0 Å². The number of thioether (sulfide) groups is 1. The molecule has 0 aliphatic carbocycles. The summed E-state index contributed by atoms with van der Waals surface area (Å²) in [6.45, 7) is 0. The third kappa shape index (κ3) is 3.31. The average Bonchev–Trinajstić information content (AvgIpc) is 3.30. The van der Waals surface area contributed by atoms with Crippen molar-refractivity contribution in [3.63, 3.8) is 0 Å². The number of halogens is 1. The Bertz CT molecular complexity index is 1030. The number of hydrogen-bond acceptors (Lipinski definition) is 6. The lowest BCUT2D eigenvalue weighted by atomic mass is 10.1. The van der Waals surface area contributed by atoms with Crippen LogP contribution in [-0.4, -0.2) is 31.3 Å². The van der Waals surface area contributed by atoms with Gasteiger partial charge in [-0.1, -0.05) is 17.8 Å². The second-order valence-corrected chi connectivity index (χ2v) is 7.06. The molecule has 1 aromatic carbocycles. The van der Waals surface area contributed by atoms with Gasteiger partial charge in [-0.2, -0.15) is 9.61 Å². The molecule has 3 aromatic heterocycles. The van der Waals surface area contributed by atoms with Crippen molar-refractivity contribution < 1.29 is 9.18 Å². The van der Waals surface area contributed by atoms with E-state index in [-0.39, 0.29) is 17.4 Å². The van der Waals surface area contributed by atoms with Crippen LogP contribution in [0, 0.1) is 5.82 Å². The number of Topliss-reactive ketones (excluding diaryl/α,β-unsaturated/α-hetero) is 1. The molecule has 5 nitrogen and oxygen atoms in total. The van der Waals surface area contributed by atoms with Crippen molar-refractivity contribution in [2.45, 2.75) is 5.16 Å². The van der Waals surface area contributed by atoms with E-state index in [1.165, 1.54) is 36.0 Å². The maximum absolute atomic E-state index is 12.9. The SMILES string of the molecule is O=C(CSc1nnc2ccc(-c3cccs3)nn12)c1ccc(F)cc1. The molecule has 4 rings (SSSR count). The van der Waals surface area contributed by atoms with Crippen LogP contribution in [0.15, 0.2) is 59.1 Å². The van der Waals surface area contributed by atoms with Crippen molar-refractivity contribution in [3.05, 3.63) is 65.3 Å². The fraction of sp³-hybridized carbons (Fsp3) is 0.0588. The van der Waals surface area contributed by atoms with E-state index in [1.807, 2.05) is 29.6 Å². The van der Waals surface area contributed by atoms with Crippen LogP contribution in [0.25, 0.3) is 16.2 Å². The van der Waals surface area contributed by atoms with Crippen LogP contribution >= 0.6 is 23.1 Å². The van der Waals surface area contributed by atoms with E-state index >= 15 is 0 Å². The summed E-state index contributed by atoms with van der Waals surface area (Å²) in [4.78, 5) is 13.3. The fourth-order valence-electron chi connectivity index (χ4n) is 2.26. The Morgan fingerprint density at radius 2 is 1.96 bits per heavy atom. The third-order valence-corrected chi connectivity index (χ3v) is 5.32. The molecule has 0 spiro atoms. The minimum Gasteiger partial charge on any atom is -0.293 e. The molecule has 0 aliphatic heterocycles.